The highest BCUT2D eigenvalue weighted by Crippen LogP contribution is 2.18. The number of oxazole rings is 1. The van der Waals surface area contributed by atoms with E-state index in [1.165, 1.54) is 36.4 Å². The number of ketones is 1. The van der Waals surface area contributed by atoms with Gasteiger partial charge in [-0.1, -0.05) is 12.1 Å². The van der Waals surface area contributed by atoms with Gasteiger partial charge in [0.25, 0.3) is 0 Å². The highest BCUT2D eigenvalue weighted by molar-refractivity contribution is 6.14. The first-order valence-corrected chi connectivity index (χ1v) is 7.33. The number of fused-ring (bicyclic) bond motifs is 1. The Balaban J connectivity index is 1.89. The van der Waals surface area contributed by atoms with Gasteiger partial charge in [0.15, 0.2) is 5.58 Å². The third-order valence-electron chi connectivity index (χ3n) is 3.46. The van der Waals surface area contributed by atoms with Crippen LogP contribution in [0.2, 0.25) is 0 Å². The number of carbonyl (C=O) groups is 2. The molecule has 128 valence electrons. The van der Waals surface area contributed by atoms with Crippen LogP contribution < -0.4 is 16.2 Å². The number of aromatic nitrogens is 1. The fourth-order valence-electron chi connectivity index (χ4n) is 2.31. The molecule has 3 N–H and O–H groups in total. The van der Waals surface area contributed by atoms with Crippen LogP contribution in [-0.4, -0.2) is 16.9 Å². The number of benzene rings is 2. The second kappa shape index (κ2) is 6.78. The number of rotatable bonds is 4. The molecule has 0 spiro atoms. The molecular weight excluding hydrogens is 338 g/mol. The van der Waals surface area contributed by atoms with Crippen LogP contribution in [0.15, 0.2) is 57.2 Å². The van der Waals surface area contributed by atoms with Gasteiger partial charge in [0, 0.05) is 5.56 Å². The Morgan fingerprint density at radius 3 is 2.58 bits per heavy atom. The Morgan fingerprint density at radius 1 is 1.19 bits per heavy atom. The topological polar surface area (TPSA) is 139 Å². The lowest BCUT2D eigenvalue weighted by atomic mass is 10.0. The second-order valence-electron chi connectivity index (χ2n) is 5.21. The number of nitrogens with zero attached hydrogens (tertiary/aromatic N) is 1. The summed E-state index contributed by atoms with van der Waals surface area (Å²) in [6, 6.07) is 12.4. The van der Waals surface area contributed by atoms with E-state index in [1.807, 2.05) is 6.07 Å². The summed E-state index contributed by atoms with van der Waals surface area (Å²) < 4.78 is 9.59. The van der Waals surface area contributed by atoms with E-state index < -0.39 is 17.6 Å². The van der Waals surface area contributed by atoms with Gasteiger partial charge in [-0.3, -0.25) is 9.78 Å². The smallest absolute Gasteiger partial charge is 0.411 e. The molecule has 8 heteroatoms. The molecule has 0 bridgehead atoms. The van der Waals surface area contributed by atoms with Crippen LogP contribution in [0.3, 0.4) is 0 Å². The molecular formula is C18H11N3O5. The van der Waals surface area contributed by atoms with E-state index in [9.17, 15) is 19.6 Å². The molecule has 0 aliphatic rings. The summed E-state index contributed by atoms with van der Waals surface area (Å²) in [5.74, 6) is -0.887. The second-order valence-corrected chi connectivity index (χ2v) is 5.21. The molecule has 0 aliphatic carbocycles. The summed E-state index contributed by atoms with van der Waals surface area (Å²) in [7, 11) is 0. The maximum Gasteiger partial charge on any atom is 0.417 e. The molecule has 1 amide bonds. The Labute approximate surface area is 146 Å². The number of ether oxygens (including phenoxy) is 1. The van der Waals surface area contributed by atoms with Crippen molar-refractivity contribution in [2.45, 2.75) is 0 Å². The van der Waals surface area contributed by atoms with E-state index in [1.54, 1.807) is 12.1 Å². The summed E-state index contributed by atoms with van der Waals surface area (Å²) in [5, 5.41) is 9.31. The summed E-state index contributed by atoms with van der Waals surface area (Å²) in [5.41, 5.74) is 6.30. The first kappa shape index (κ1) is 16.7. The van der Waals surface area contributed by atoms with Crippen molar-refractivity contribution in [3.05, 3.63) is 69.7 Å². The molecule has 1 heterocycles. The van der Waals surface area contributed by atoms with E-state index in [0.29, 0.717) is 16.7 Å². The number of hydrogen-bond acceptors (Lipinski definition) is 6. The van der Waals surface area contributed by atoms with Crippen molar-refractivity contribution < 1.29 is 18.7 Å². The van der Waals surface area contributed by atoms with Gasteiger partial charge in [-0.2, -0.15) is 5.26 Å². The monoisotopic (exact) mass is 349 g/mol. The lowest BCUT2D eigenvalue weighted by molar-refractivity contribution is 0.104. The number of H-pyrrole nitrogens is 1. The summed E-state index contributed by atoms with van der Waals surface area (Å²) >= 11 is 0. The number of carbonyl (C=O) groups excluding carboxylic acids is 2. The Kier molecular flexibility index (Phi) is 4.36. The lowest BCUT2D eigenvalue weighted by Gasteiger charge is -2.02. The number of primary amides is 1. The molecule has 0 unspecified atom stereocenters. The average molecular weight is 349 g/mol. The van der Waals surface area contributed by atoms with E-state index in [-0.39, 0.29) is 16.9 Å². The molecule has 0 atom stereocenters. The molecule has 0 fully saturated rings. The minimum atomic E-state index is -0.936. The molecule has 2 aromatic carbocycles. The molecule has 3 rings (SSSR count). The van der Waals surface area contributed by atoms with Crippen molar-refractivity contribution in [2.75, 3.05) is 0 Å². The molecule has 0 aliphatic heterocycles. The van der Waals surface area contributed by atoms with E-state index in [0.717, 1.165) is 0 Å². The number of allylic oxidation sites excluding steroid dienone is 1. The number of nitrogens with two attached hydrogens (primary N) is 1. The predicted molar refractivity (Wildman–Crippen MR) is 91.4 cm³/mol. The normalized spacial score (nSPS) is 11.1. The molecule has 3 aromatic rings. The van der Waals surface area contributed by atoms with Gasteiger partial charge in [0.05, 0.1) is 5.52 Å². The SMILES string of the molecule is N#C/C(=C\c1ccc(OC(N)=O)cc1)C(=O)c1ccc2oc(=O)[nH]c2c1. The average Bonchev–Trinajstić information content (AvgIpc) is 2.99. The number of amides is 1. The van der Waals surface area contributed by atoms with Crippen molar-refractivity contribution in [3.8, 4) is 11.8 Å². The van der Waals surface area contributed by atoms with Crippen LogP contribution in [0.25, 0.3) is 17.2 Å². The van der Waals surface area contributed by atoms with Crippen molar-refractivity contribution in [2.24, 2.45) is 5.73 Å². The van der Waals surface area contributed by atoms with Gasteiger partial charge in [0.1, 0.15) is 17.4 Å². The van der Waals surface area contributed by atoms with E-state index in [2.05, 4.69) is 4.98 Å². The molecule has 26 heavy (non-hydrogen) atoms. The van der Waals surface area contributed by atoms with Crippen LogP contribution in [0.1, 0.15) is 15.9 Å². The van der Waals surface area contributed by atoms with Gasteiger partial charge in [0.2, 0.25) is 5.78 Å². The molecule has 0 radical (unpaired) electrons. The van der Waals surface area contributed by atoms with E-state index in [4.69, 9.17) is 14.9 Å². The van der Waals surface area contributed by atoms with Gasteiger partial charge < -0.3 is 14.9 Å². The Bertz CT molecular complexity index is 1130. The fourth-order valence-corrected chi connectivity index (χ4v) is 2.31. The van der Waals surface area contributed by atoms with Crippen molar-refractivity contribution in [3.63, 3.8) is 0 Å². The van der Waals surface area contributed by atoms with E-state index >= 15 is 0 Å². The lowest BCUT2D eigenvalue weighted by Crippen LogP contribution is -2.16. The number of Topliss-reactive ketones (excluding diaryl/α,β-unsaturated/α-hetero) is 1. The third kappa shape index (κ3) is 3.52. The zero-order valence-corrected chi connectivity index (χ0v) is 13.2. The highest BCUT2D eigenvalue weighted by Gasteiger charge is 2.14. The van der Waals surface area contributed by atoms with Crippen molar-refractivity contribution >= 4 is 29.1 Å². The standard InChI is InChI=1S/C18H11N3O5/c19-9-12(7-10-1-4-13(5-2-10)25-17(20)23)16(22)11-3-6-15-14(8-11)21-18(24)26-15/h1-8H,(H2,20,23)(H,21,24)/b12-7+. The summed E-state index contributed by atoms with van der Waals surface area (Å²) in [6.07, 6.45) is 0.465. The zero-order valence-electron chi connectivity index (χ0n) is 13.2. The summed E-state index contributed by atoms with van der Waals surface area (Å²) in [6.45, 7) is 0. The Hall–Kier alpha value is -4.12. The number of nitriles is 1. The highest BCUT2D eigenvalue weighted by atomic mass is 16.5. The minimum Gasteiger partial charge on any atom is -0.411 e. The van der Waals surface area contributed by atoms with Crippen LogP contribution in [0.5, 0.6) is 5.75 Å². The summed E-state index contributed by atoms with van der Waals surface area (Å²) in [4.78, 5) is 36.9. The zero-order chi connectivity index (χ0) is 18.7. The number of aromatic amines is 1. The van der Waals surface area contributed by atoms with Gasteiger partial charge in [-0.25, -0.2) is 9.59 Å². The maximum absolute atomic E-state index is 12.5. The molecule has 1 aromatic heterocycles. The third-order valence-corrected chi connectivity index (χ3v) is 3.46. The predicted octanol–water partition coefficient (Wildman–Crippen LogP) is 2.37. The van der Waals surface area contributed by atoms with Gasteiger partial charge >= 0.3 is 11.8 Å². The molecule has 0 saturated heterocycles. The van der Waals surface area contributed by atoms with Crippen LogP contribution in [0, 0.1) is 11.3 Å². The first-order chi connectivity index (χ1) is 12.5. The Morgan fingerprint density at radius 2 is 1.92 bits per heavy atom. The number of nitrogens with one attached hydrogen (secondary N) is 1. The van der Waals surface area contributed by atoms with Crippen molar-refractivity contribution in [1.29, 1.82) is 5.26 Å². The fraction of sp³-hybridized carbons (Fsp3) is 0. The van der Waals surface area contributed by atoms with Gasteiger partial charge in [-0.15, -0.1) is 0 Å². The first-order valence-electron chi connectivity index (χ1n) is 7.33. The van der Waals surface area contributed by atoms with Crippen molar-refractivity contribution in [1.82, 2.24) is 4.98 Å². The van der Waals surface area contributed by atoms with Crippen LogP contribution in [0.4, 0.5) is 4.79 Å². The minimum absolute atomic E-state index is 0.0984. The largest absolute Gasteiger partial charge is 0.417 e. The van der Waals surface area contributed by atoms with Crippen LogP contribution in [-0.2, 0) is 0 Å². The molecule has 8 nitrogen and oxygen atoms in total. The maximum atomic E-state index is 12.5. The molecule has 0 saturated carbocycles. The van der Waals surface area contributed by atoms with Gasteiger partial charge in [-0.05, 0) is 42.0 Å². The quantitative estimate of drug-likeness (QED) is 0.421. The van der Waals surface area contributed by atoms with Crippen LogP contribution >= 0.6 is 0 Å². The number of hydrogen-bond donors (Lipinski definition) is 2.